The number of carboxylic acid groups (broad SMARTS) is 1. The second-order valence-corrected chi connectivity index (χ2v) is 5.24. The highest BCUT2D eigenvalue weighted by atomic mass is 16.5. The Morgan fingerprint density at radius 2 is 2.13 bits per heavy atom. The van der Waals surface area contributed by atoms with Crippen molar-refractivity contribution in [3.63, 3.8) is 0 Å². The van der Waals surface area contributed by atoms with Gasteiger partial charge in [-0.1, -0.05) is 11.2 Å². The Morgan fingerprint density at radius 3 is 2.74 bits per heavy atom. The molecule has 1 N–H and O–H groups in total. The maximum Gasteiger partial charge on any atom is 0.323 e. The van der Waals surface area contributed by atoms with Gasteiger partial charge in [0.2, 0.25) is 17.6 Å². The van der Waals surface area contributed by atoms with Crippen molar-refractivity contribution in [1.82, 2.24) is 20.0 Å². The molecule has 0 aliphatic carbocycles. The number of pyridine rings is 1. The fourth-order valence-electron chi connectivity index (χ4n) is 2.02. The molecular formula is C15H18N4O4. The molecule has 0 aromatic carbocycles. The highest BCUT2D eigenvalue weighted by molar-refractivity contribution is 5.81. The van der Waals surface area contributed by atoms with E-state index in [1.54, 1.807) is 32.2 Å². The van der Waals surface area contributed by atoms with Crippen LogP contribution in [0.25, 0.3) is 11.5 Å². The number of carbonyl (C=O) groups excluding carboxylic acids is 1. The number of hydrogen-bond acceptors (Lipinski definition) is 6. The molecule has 2 rings (SSSR count). The number of carboxylic acids is 1. The molecule has 0 saturated heterocycles. The highest BCUT2D eigenvalue weighted by Gasteiger charge is 2.20. The lowest BCUT2D eigenvalue weighted by Gasteiger charge is -2.24. The van der Waals surface area contributed by atoms with Crippen LogP contribution < -0.4 is 0 Å². The van der Waals surface area contributed by atoms with Gasteiger partial charge in [-0.15, -0.1) is 0 Å². The molecule has 2 aromatic heterocycles. The van der Waals surface area contributed by atoms with Crippen LogP contribution in [0.3, 0.4) is 0 Å². The van der Waals surface area contributed by atoms with E-state index in [2.05, 4.69) is 15.1 Å². The zero-order valence-electron chi connectivity index (χ0n) is 13.0. The summed E-state index contributed by atoms with van der Waals surface area (Å²) < 4.78 is 5.10. The van der Waals surface area contributed by atoms with Crippen molar-refractivity contribution in [1.29, 1.82) is 0 Å². The molecule has 0 aliphatic rings. The van der Waals surface area contributed by atoms with Gasteiger partial charge in [-0.25, -0.2) is 0 Å². The van der Waals surface area contributed by atoms with Gasteiger partial charge in [-0.3, -0.25) is 14.6 Å². The van der Waals surface area contributed by atoms with E-state index >= 15 is 0 Å². The first-order chi connectivity index (χ1) is 11.0. The smallest absolute Gasteiger partial charge is 0.323 e. The Labute approximate surface area is 133 Å². The maximum absolute atomic E-state index is 12.1. The van der Waals surface area contributed by atoms with Crippen LogP contribution in [-0.2, 0) is 16.0 Å². The number of aromatic nitrogens is 3. The predicted octanol–water partition coefficient (Wildman–Crippen LogP) is 1.39. The van der Waals surface area contributed by atoms with Crippen LogP contribution >= 0.6 is 0 Å². The van der Waals surface area contributed by atoms with Gasteiger partial charge in [0, 0.05) is 25.1 Å². The predicted molar refractivity (Wildman–Crippen MR) is 80.3 cm³/mol. The largest absolute Gasteiger partial charge is 0.480 e. The van der Waals surface area contributed by atoms with E-state index in [-0.39, 0.29) is 31.3 Å². The van der Waals surface area contributed by atoms with Crippen LogP contribution in [0, 0.1) is 0 Å². The minimum atomic E-state index is -1.04. The van der Waals surface area contributed by atoms with Gasteiger partial charge < -0.3 is 14.5 Å². The molecule has 122 valence electrons. The van der Waals surface area contributed by atoms with Crippen LogP contribution in [0.5, 0.6) is 0 Å². The first kappa shape index (κ1) is 16.6. The van der Waals surface area contributed by atoms with Gasteiger partial charge in [-0.05, 0) is 26.0 Å². The average molecular weight is 318 g/mol. The standard InChI is InChI=1S/C15H18N4O4/c1-10(2)19(9-14(21)22)13(20)7-6-12-17-15(18-23-12)11-5-3-4-8-16-11/h3-5,8,10H,6-7,9H2,1-2H3,(H,21,22). The summed E-state index contributed by atoms with van der Waals surface area (Å²) >= 11 is 0. The maximum atomic E-state index is 12.1. The first-order valence-electron chi connectivity index (χ1n) is 7.22. The van der Waals surface area contributed by atoms with E-state index in [1.165, 1.54) is 4.90 Å². The third-order valence-corrected chi connectivity index (χ3v) is 3.16. The van der Waals surface area contributed by atoms with Crippen molar-refractivity contribution in [3.8, 4) is 11.5 Å². The lowest BCUT2D eigenvalue weighted by molar-refractivity contribution is -0.145. The molecule has 0 saturated carbocycles. The number of nitrogens with zero attached hydrogens (tertiary/aromatic N) is 4. The summed E-state index contributed by atoms with van der Waals surface area (Å²) in [5, 5.41) is 12.7. The van der Waals surface area contributed by atoms with Crippen molar-refractivity contribution in [3.05, 3.63) is 30.3 Å². The van der Waals surface area contributed by atoms with Crippen molar-refractivity contribution in [2.45, 2.75) is 32.7 Å². The van der Waals surface area contributed by atoms with Gasteiger partial charge in [0.05, 0.1) is 0 Å². The molecule has 2 heterocycles. The molecule has 0 fully saturated rings. The minimum absolute atomic E-state index is 0.106. The van der Waals surface area contributed by atoms with Gasteiger partial charge in [0.25, 0.3) is 0 Å². The van der Waals surface area contributed by atoms with E-state index in [9.17, 15) is 9.59 Å². The Hall–Kier alpha value is -2.77. The molecule has 8 nitrogen and oxygen atoms in total. The van der Waals surface area contributed by atoms with Crippen molar-refractivity contribution in [2.75, 3.05) is 6.54 Å². The summed E-state index contributed by atoms with van der Waals surface area (Å²) in [5.74, 6) is -0.625. The second-order valence-electron chi connectivity index (χ2n) is 5.24. The Morgan fingerprint density at radius 1 is 1.35 bits per heavy atom. The average Bonchev–Trinajstić information content (AvgIpc) is 2.99. The quantitative estimate of drug-likeness (QED) is 0.821. The van der Waals surface area contributed by atoms with Gasteiger partial charge >= 0.3 is 5.97 Å². The lowest BCUT2D eigenvalue weighted by atomic mass is 10.2. The zero-order valence-corrected chi connectivity index (χ0v) is 13.0. The summed E-state index contributed by atoms with van der Waals surface area (Å²) in [6, 6.07) is 5.17. The first-order valence-corrected chi connectivity index (χ1v) is 7.22. The van der Waals surface area contributed by atoms with Crippen LogP contribution in [0.15, 0.2) is 28.9 Å². The molecule has 8 heteroatoms. The van der Waals surface area contributed by atoms with Crippen molar-refractivity contribution < 1.29 is 19.2 Å². The topological polar surface area (TPSA) is 109 Å². The number of aliphatic carboxylic acids is 1. The number of aryl methyl sites for hydroxylation is 1. The number of amides is 1. The van der Waals surface area contributed by atoms with E-state index in [0.717, 1.165) is 0 Å². The summed E-state index contributed by atoms with van der Waals surface area (Å²) in [6.45, 7) is 3.22. The van der Waals surface area contributed by atoms with Gasteiger partial charge in [0.1, 0.15) is 12.2 Å². The third-order valence-electron chi connectivity index (χ3n) is 3.16. The van der Waals surface area contributed by atoms with Gasteiger partial charge in [0.15, 0.2) is 0 Å². The summed E-state index contributed by atoms with van der Waals surface area (Å²) in [5.41, 5.74) is 0.587. The minimum Gasteiger partial charge on any atom is -0.480 e. The van der Waals surface area contributed by atoms with Crippen molar-refractivity contribution >= 4 is 11.9 Å². The number of hydrogen-bond donors (Lipinski definition) is 1. The van der Waals surface area contributed by atoms with E-state index in [1.807, 2.05) is 6.07 Å². The molecule has 1 amide bonds. The molecule has 2 aromatic rings. The van der Waals surface area contributed by atoms with Crippen molar-refractivity contribution in [2.24, 2.45) is 0 Å². The second kappa shape index (κ2) is 7.48. The summed E-state index contributed by atoms with van der Waals surface area (Å²) in [4.78, 5) is 32.6. The van der Waals surface area contributed by atoms with E-state index < -0.39 is 5.97 Å². The molecule has 0 atom stereocenters. The zero-order chi connectivity index (χ0) is 16.8. The molecule has 23 heavy (non-hydrogen) atoms. The highest BCUT2D eigenvalue weighted by Crippen LogP contribution is 2.13. The van der Waals surface area contributed by atoms with E-state index in [0.29, 0.717) is 17.4 Å². The molecule has 0 aliphatic heterocycles. The fraction of sp³-hybridized carbons (Fsp3) is 0.400. The van der Waals surface area contributed by atoms with E-state index in [4.69, 9.17) is 9.63 Å². The normalized spacial score (nSPS) is 10.7. The molecule has 0 spiro atoms. The Kier molecular flexibility index (Phi) is 5.40. The Bertz CT molecular complexity index is 669. The lowest BCUT2D eigenvalue weighted by Crippen LogP contribution is -2.40. The molecule has 0 radical (unpaired) electrons. The summed E-state index contributed by atoms with van der Waals surface area (Å²) in [7, 11) is 0. The van der Waals surface area contributed by atoms with Crippen LogP contribution in [0.2, 0.25) is 0 Å². The molecule has 0 bridgehead atoms. The molecule has 0 unspecified atom stereocenters. The SMILES string of the molecule is CC(C)N(CC(=O)O)C(=O)CCc1nc(-c2ccccn2)no1. The van der Waals surface area contributed by atoms with Crippen LogP contribution in [0.1, 0.15) is 26.2 Å². The van der Waals surface area contributed by atoms with Gasteiger partial charge in [-0.2, -0.15) is 4.98 Å². The Balaban J connectivity index is 1.96. The van der Waals surface area contributed by atoms with Crippen LogP contribution in [-0.4, -0.2) is 49.6 Å². The monoisotopic (exact) mass is 318 g/mol. The summed E-state index contributed by atoms with van der Waals surface area (Å²) in [6.07, 6.45) is 1.98. The van der Waals surface area contributed by atoms with Crippen LogP contribution in [0.4, 0.5) is 0 Å². The third kappa shape index (κ3) is 4.60. The fourth-order valence-corrected chi connectivity index (χ4v) is 2.02. The molecular weight excluding hydrogens is 300 g/mol. The number of rotatable bonds is 7. The number of carbonyl (C=O) groups is 2.